The van der Waals surface area contributed by atoms with Gasteiger partial charge in [-0.15, -0.1) is 0 Å². The Kier molecular flexibility index (Phi) is 11.9. The first-order valence-corrected chi connectivity index (χ1v) is 13.0. The zero-order valence-electron chi connectivity index (χ0n) is 19.4. The lowest BCUT2D eigenvalue weighted by Gasteiger charge is -2.22. The minimum atomic E-state index is -4.67. The van der Waals surface area contributed by atoms with Crippen molar-refractivity contribution in [3.8, 4) is 0 Å². The number of imidazole rings is 1. The van der Waals surface area contributed by atoms with Gasteiger partial charge >= 0.3 is 20.8 Å². The fraction of sp³-hybridized carbons (Fsp3) is 0.688. The van der Waals surface area contributed by atoms with Gasteiger partial charge in [-0.1, -0.05) is 6.92 Å². The van der Waals surface area contributed by atoms with Crippen LogP contribution in [0.4, 0.5) is 5.82 Å². The molecule has 10 N–H and O–H groups in total. The van der Waals surface area contributed by atoms with Crippen LogP contribution in [0, 0.1) is 0 Å². The van der Waals surface area contributed by atoms with Crippen molar-refractivity contribution in [3.05, 3.63) is 12.2 Å². The van der Waals surface area contributed by atoms with Crippen LogP contribution in [0.1, 0.15) is 25.4 Å². The highest BCUT2D eigenvalue weighted by Gasteiger charge is 2.45. The predicted molar refractivity (Wildman–Crippen MR) is 125 cm³/mol. The molecule has 3 heterocycles. The molecule has 36 heavy (non-hydrogen) atoms. The van der Waals surface area contributed by atoms with E-state index in [1.807, 2.05) is 18.9 Å². The Morgan fingerprint density at radius 1 is 1.08 bits per heavy atom. The molecule has 18 nitrogen and oxygen atoms in total. The molecule has 2 aromatic rings. The molecule has 4 atom stereocenters. The van der Waals surface area contributed by atoms with Crippen molar-refractivity contribution in [1.29, 1.82) is 0 Å². The van der Waals surface area contributed by atoms with Crippen LogP contribution in [-0.4, -0.2) is 115 Å². The molecular weight excluding hydrogens is 530 g/mol. The largest absolute Gasteiger partial charge is 0.394 e. The second kappa shape index (κ2) is 13.4. The molecule has 3 rings (SSSR count). The van der Waals surface area contributed by atoms with Crippen molar-refractivity contribution >= 4 is 37.8 Å². The highest BCUT2D eigenvalue weighted by Crippen LogP contribution is 2.34. The molecule has 208 valence electrons. The van der Waals surface area contributed by atoms with Crippen LogP contribution in [-0.2, 0) is 32.0 Å². The van der Waals surface area contributed by atoms with Crippen LogP contribution >= 0.6 is 0 Å². The van der Waals surface area contributed by atoms with Gasteiger partial charge in [0.05, 0.1) is 0 Å². The van der Waals surface area contributed by atoms with Crippen LogP contribution in [0.5, 0.6) is 0 Å². The van der Waals surface area contributed by atoms with Crippen LogP contribution < -0.4 is 11.5 Å². The number of aliphatic hydroxyl groups excluding tert-OH is 2. The van der Waals surface area contributed by atoms with Crippen molar-refractivity contribution in [2.75, 3.05) is 32.4 Å². The molecule has 20 heteroatoms. The normalized spacial score (nSPS) is 22.2. The van der Waals surface area contributed by atoms with Crippen molar-refractivity contribution < 1.29 is 50.0 Å². The van der Waals surface area contributed by atoms with Crippen molar-refractivity contribution in [1.82, 2.24) is 24.4 Å². The molecule has 0 aromatic carbocycles. The number of hydrogen-bond donors (Lipinski definition) is 8. The number of nitrogens with two attached hydrogens (primary N) is 2. The summed E-state index contributed by atoms with van der Waals surface area (Å²) in [4.78, 5) is 14.7. The first kappa shape index (κ1) is 31.9. The summed E-state index contributed by atoms with van der Waals surface area (Å²) in [6.07, 6.45) is -0.618. The monoisotopic (exact) mass is 561 g/mol. The third-order valence-corrected chi connectivity index (χ3v) is 4.72. The fourth-order valence-electron chi connectivity index (χ4n) is 3.34. The summed E-state index contributed by atoms with van der Waals surface area (Å²) in [5.41, 5.74) is 12.4. The van der Waals surface area contributed by atoms with Gasteiger partial charge < -0.3 is 31.3 Å². The van der Waals surface area contributed by atoms with Gasteiger partial charge in [-0.05, 0) is 26.6 Å². The minimum Gasteiger partial charge on any atom is -0.387 e. The lowest BCUT2D eigenvalue weighted by molar-refractivity contribution is -0.0434. The molecule has 1 aliphatic heterocycles. The predicted octanol–water partition coefficient (Wildman–Crippen LogP) is -2.43. The van der Waals surface area contributed by atoms with E-state index >= 15 is 0 Å². The van der Waals surface area contributed by atoms with Gasteiger partial charge in [-0.3, -0.25) is 22.8 Å². The van der Waals surface area contributed by atoms with Gasteiger partial charge in [0, 0.05) is 13.0 Å². The number of rotatable bonds is 7. The summed E-state index contributed by atoms with van der Waals surface area (Å²) in [7, 11) is -7.40. The molecule has 0 unspecified atom stereocenters. The Labute approximate surface area is 207 Å². The average molecular weight is 562 g/mol. The summed E-state index contributed by atoms with van der Waals surface area (Å²) < 4.78 is 70.9. The van der Waals surface area contributed by atoms with E-state index in [0.29, 0.717) is 36.5 Å². The van der Waals surface area contributed by atoms with Crippen LogP contribution in [0.15, 0.2) is 6.33 Å². The Hall–Kier alpha value is -2.11. The first-order valence-electron chi connectivity index (χ1n) is 10.2. The molecule has 0 spiro atoms. The Bertz CT molecular complexity index is 1150. The van der Waals surface area contributed by atoms with Crippen molar-refractivity contribution in [2.24, 2.45) is 5.73 Å². The van der Waals surface area contributed by atoms with Gasteiger partial charge in [-0.2, -0.15) is 16.8 Å². The molecule has 0 saturated carbocycles. The summed E-state index contributed by atoms with van der Waals surface area (Å²) in [6, 6.07) is 0. The van der Waals surface area contributed by atoms with Gasteiger partial charge in [0.25, 0.3) is 0 Å². The molecule has 0 bridgehead atoms. The quantitative estimate of drug-likeness (QED) is 0.163. The summed E-state index contributed by atoms with van der Waals surface area (Å²) >= 11 is 0. The summed E-state index contributed by atoms with van der Waals surface area (Å²) in [6.45, 7) is 3.82. The molecule has 1 fully saturated rings. The van der Waals surface area contributed by atoms with E-state index in [4.69, 9.17) is 51.3 Å². The molecule has 1 saturated heterocycles. The van der Waals surface area contributed by atoms with Gasteiger partial charge in [0.15, 0.2) is 23.2 Å². The summed E-state index contributed by atoms with van der Waals surface area (Å²) in [5, 5.41) is 21.1. The van der Waals surface area contributed by atoms with E-state index in [1.54, 1.807) is 4.57 Å². The number of likely N-dealkylation sites (N-methyl/N-ethyl adjacent to an activating group) is 1. The zero-order valence-corrected chi connectivity index (χ0v) is 21.0. The van der Waals surface area contributed by atoms with Crippen LogP contribution in [0.3, 0.4) is 0 Å². The molecule has 0 aliphatic carbocycles. The number of aromatic nitrogens is 4. The Morgan fingerprint density at radius 3 is 2.14 bits per heavy atom. The van der Waals surface area contributed by atoms with E-state index in [1.165, 1.54) is 6.33 Å². The van der Waals surface area contributed by atoms with E-state index in [0.717, 1.165) is 13.0 Å². The Balaban J connectivity index is 0.000000550. The molecule has 1 aliphatic rings. The number of ether oxygens (including phenoxy) is 1. The second-order valence-corrected chi connectivity index (χ2v) is 9.32. The Morgan fingerprint density at radius 2 is 1.64 bits per heavy atom. The third-order valence-electron chi connectivity index (χ3n) is 4.72. The van der Waals surface area contributed by atoms with Gasteiger partial charge in [0.2, 0.25) is 0 Å². The van der Waals surface area contributed by atoms with Gasteiger partial charge in [0.1, 0.15) is 30.5 Å². The highest BCUT2D eigenvalue weighted by molar-refractivity contribution is 7.80. The number of nitrogens with zero attached hydrogens (tertiary/aromatic N) is 5. The minimum absolute atomic E-state index is 0.273. The van der Waals surface area contributed by atoms with Crippen molar-refractivity contribution in [3.63, 3.8) is 0 Å². The lowest BCUT2D eigenvalue weighted by atomic mass is 10.1. The van der Waals surface area contributed by atoms with E-state index < -0.39 is 45.3 Å². The van der Waals surface area contributed by atoms with Crippen LogP contribution in [0.2, 0.25) is 0 Å². The SMILES string of the molecule is CCc1nc2c(N)ncnc2n1[C@@H]1O[C@H](CN(C)CCCN)[C@@H](O)[C@H]1O.O=S(=O)(O)O.O=S(=O)(O)O. The average Bonchev–Trinajstić information content (AvgIpc) is 3.23. The van der Waals surface area contributed by atoms with E-state index in [2.05, 4.69) is 15.0 Å². The second-order valence-electron chi connectivity index (χ2n) is 7.53. The standard InChI is InChI=1S/C16H27N7O3.2H2O4S/c1-3-10-21-11-14(18)19-8-20-15(11)23(10)16-13(25)12(24)9(26-16)7-22(2)6-4-5-17;2*1-5(2,3)4/h8-9,12-13,16,24-25H,3-7,17H2,1-2H3,(H2,18,19,20);2*(H2,1,2,3,4)/t9-,12-,13-,16-;;/m1../s1. The molecular formula is C16H31N7O11S2. The molecule has 0 amide bonds. The maximum Gasteiger partial charge on any atom is 0.394 e. The number of anilines is 1. The maximum atomic E-state index is 10.6. The fourth-order valence-corrected chi connectivity index (χ4v) is 3.34. The lowest BCUT2D eigenvalue weighted by Crippen LogP contribution is -2.39. The highest BCUT2D eigenvalue weighted by atomic mass is 32.3. The maximum absolute atomic E-state index is 10.6. The van der Waals surface area contributed by atoms with Crippen molar-refractivity contribution in [2.45, 2.75) is 44.3 Å². The molecule has 2 aromatic heterocycles. The van der Waals surface area contributed by atoms with E-state index in [-0.39, 0.29) is 5.82 Å². The number of aliphatic hydroxyl groups is 2. The first-order chi connectivity index (χ1) is 16.5. The summed E-state index contributed by atoms with van der Waals surface area (Å²) in [5.74, 6) is 0.940. The smallest absolute Gasteiger partial charge is 0.387 e. The number of fused-ring (bicyclic) bond motifs is 1. The van der Waals surface area contributed by atoms with Gasteiger partial charge in [-0.25, -0.2) is 15.0 Å². The number of aryl methyl sites for hydroxylation is 1. The zero-order chi connectivity index (χ0) is 27.8. The topological polar surface area (TPSA) is 298 Å². The number of hydrogen-bond acceptors (Lipinski definition) is 13. The van der Waals surface area contributed by atoms with Crippen LogP contribution in [0.25, 0.3) is 11.2 Å². The van der Waals surface area contributed by atoms with E-state index in [9.17, 15) is 10.2 Å². The number of nitrogen functional groups attached to an aromatic ring is 1. The third kappa shape index (κ3) is 10.5. The molecule has 0 radical (unpaired) electrons.